The topological polar surface area (TPSA) is 152 Å². The number of piperidine rings is 1. The minimum atomic E-state index is -1.00. The van der Waals surface area contributed by atoms with Crippen molar-refractivity contribution in [3.8, 4) is 5.82 Å². The highest BCUT2D eigenvalue weighted by molar-refractivity contribution is 5.87. The van der Waals surface area contributed by atoms with Crippen molar-refractivity contribution in [2.75, 3.05) is 30.4 Å². The van der Waals surface area contributed by atoms with Crippen molar-refractivity contribution in [1.82, 2.24) is 40.2 Å². The molecule has 43 heavy (non-hydrogen) atoms. The Morgan fingerprint density at radius 2 is 2.05 bits per heavy atom. The molecule has 1 amide bonds. The Kier molecular flexibility index (Phi) is 6.76. The normalized spacial score (nSPS) is 17.2. The molecule has 5 aromatic rings. The van der Waals surface area contributed by atoms with Crippen molar-refractivity contribution in [2.45, 2.75) is 50.2 Å². The minimum Gasteiger partial charge on any atom is -0.459 e. The van der Waals surface area contributed by atoms with Gasteiger partial charge in [-0.2, -0.15) is 15.2 Å². The Labute approximate surface area is 245 Å². The van der Waals surface area contributed by atoms with Crippen molar-refractivity contribution in [3.63, 3.8) is 0 Å². The largest absolute Gasteiger partial charge is 0.459 e. The number of rotatable bonds is 9. The molecule has 1 saturated heterocycles. The number of H-pyrrole nitrogens is 1. The fourth-order valence-electron chi connectivity index (χ4n) is 5.42. The number of ether oxygens (including phenoxy) is 1. The summed E-state index contributed by atoms with van der Waals surface area (Å²) < 4.78 is 26.2. The van der Waals surface area contributed by atoms with Crippen LogP contribution < -0.4 is 15.5 Å². The first-order chi connectivity index (χ1) is 20.9. The lowest BCUT2D eigenvalue weighted by atomic mass is 9.89. The van der Waals surface area contributed by atoms with Gasteiger partial charge in [0.25, 0.3) is 5.91 Å². The summed E-state index contributed by atoms with van der Waals surface area (Å²) in [6.45, 7) is 2.92. The van der Waals surface area contributed by atoms with Gasteiger partial charge in [-0.05, 0) is 31.4 Å². The van der Waals surface area contributed by atoms with E-state index in [4.69, 9.17) is 19.1 Å². The molecule has 1 aliphatic carbocycles. The molecule has 2 aliphatic rings. The number of methoxy groups -OCH3 is 1. The van der Waals surface area contributed by atoms with Gasteiger partial charge in [0.05, 0.1) is 24.7 Å². The summed E-state index contributed by atoms with van der Waals surface area (Å²) in [6.07, 6.45) is 8.86. The zero-order valence-electron chi connectivity index (χ0n) is 23.7. The number of furan rings is 1. The number of hydrogen-bond acceptors (Lipinski definition) is 10. The van der Waals surface area contributed by atoms with Crippen LogP contribution in [0.3, 0.4) is 0 Å². The molecule has 222 valence electrons. The third-order valence-corrected chi connectivity index (χ3v) is 8.22. The molecule has 1 saturated carbocycles. The van der Waals surface area contributed by atoms with Gasteiger partial charge in [-0.15, -0.1) is 0 Å². The second-order valence-corrected chi connectivity index (χ2v) is 11.0. The number of pyridine rings is 1. The summed E-state index contributed by atoms with van der Waals surface area (Å²) in [5.41, 5.74) is 2.15. The molecule has 13 nitrogen and oxygen atoms in total. The quantitative estimate of drug-likeness (QED) is 0.230. The van der Waals surface area contributed by atoms with Gasteiger partial charge in [0, 0.05) is 63.0 Å². The summed E-state index contributed by atoms with van der Waals surface area (Å²) in [4.78, 5) is 29.4. The van der Waals surface area contributed by atoms with Crippen LogP contribution in [-0.2, 0) is 9.53 Å². The van der Waals surface area contributed by atoms with Crippen molar-refractivity contribution in [3.05, 3.63) is 66.2 Å². The van der Waals surface area contributed by atoms with E-state index in [-0.39, 0.29) is 11.9 Å². The third kappa shape index (κ3) is 5.29. The number of nitrogens with one attached hydrogen (secondary N) is 3. The van der Waals surface area contributed by atoms with Crippen LogP contribution in [0.5, 0.6) is 0 Å². The van der Waals surface area contributed by atoms with Crippen LogP contribution in [0.15, 0.2) is 53.5 Å². The van der Waals surface area contributed by atoms with Crippen molar-refractivity contribution in [1.29, 1.82) is 0 Å². The Balaban J connectivity index is 1.02. The van der Waals surface area contributed by atoms with Crippen molar-refractivity contribution in [2.24, 2.45) is 0 Å². The zero-order valence-corrected chi connectivity index (χ0v) is 23.7. The van der Waals surface area contributed by atoms with E-state index in [1.54, 1.807) is 31.7 Å². The molecule has 7 rings (SSSR count). The molecule has 14 heteroatoms. The number of aromatic nitrogens is 7. The number of amides is 1. The van der Waals surface area contributed by atoms with Crippen LogP contribution >= 0.6 is 0 Å². The van der Waals surface area contributed by atoms with E-state index in [9.17, 15) is 9.18 Å². The minimum absolute atomic E-state index is 0.195. The fraction of sp³-hybridized carbons (Fsp3) is 0.379. The Hall–Kier alpha value is -4.85. The van der Waals surface area contributed by atoms with Crippen molar-refractivity contribution >= 4 is 34.6 Å². The number of nitrogens with zero attached hydrogens (tertiary/aromatic N) is 7. The lowest BCUT2D eigenvalue weighted by molar-refractivity contribution is -0.146. The van der Waals surface area contributed by atoms with Gasteiger partial charge in [-0.1, -0.05) is 6.07 Å². The van der Waals surface area contributed by atoms with Gasteiger partial charge in [0.1, 0.15) is 11.1 Å². The second-order valence-electron chi connectivity index (χ2n) is 11.0. The number of carbonyl (C=O) groups excluding carboxylic acids is 1. The average molecular weight is 587 g/mol. The number of carbonyl (C=O) groups is 1. The molecule has 0 aromatic carbocycles. The van der Waals surface area contributed by atoms with Crippen LogP contribution in [0.4, 0.5) is 22.0 Å². The van der Waals surface area contributed by atoms with Gasteiger partial charge < -0.3 is 24.7 Å². The van der Waals surface area contributed by atoms with Gasteiger partial charge >= 0.3 is 0 Å². The smallest absolute Gasteiger partial charge is 0.252 e. The van der Waals surface area contributed by atoms with Crippen molar-refractivity contribution < 1.29 is 18.3 Å². The molecule has 2 fully saturated rings. The second kappa shape index (κ2) is 10.8. The number of aromatic amines is 1. The Morgan fingerprint density at radius 1 is 1.21 bits per heavy atom. The van der Waals surface area contributed by atoms with Crippen LogP contribution in [0.1, 0.15) is 55.8 Å². The summed E-state index contributed by atoms with van der Waals surface area (Å²) >= 11 is 0. The number of hydrogen-bond donors (Lipinski definition) is 3. The van der Waals surface area contributed by atoms with Gasteiger partial charge in [0.2, 0.25) is 5.95 Å². The van der Waals surface area contributed by atoms with Crippen LogP contribution in [0.2, 0.25) is 0 Å². The van der Waals surface area contributed by atoms with Gasteiger partial charge in [0.15, 0.2) is 28.9 Å². The lowest BCUT2D eigenvalue weighted by Crippen LogP contribution is -2.55. The zero-order chi connectivity index (χ0) is 29.6. The van der Waals surface area contributed by atoms with Crippen LogP contribution in [0.25, 0.3) is 16.9 Å². The predicted octanol–water partition coefficient (Wildman–Crippen LogP) is 4.15. The first-order valence-electron chi connectivity index (χ1n) is 14.3. The maximum Gasteiger partial charge on any atom is 0.252 e. The SMILES string of the molecule is COC1(C(=O)N[C@@H](C)c2ccc(-n3cc(F)cn3)nc2)CCN(c2nc(Nc3cc(C4CC4)[nH]n3)c3occc3n2)CC1. The third-order valence-electron chi connectivity index (χ3n) is 8.22. The molecule has 5 aromatic heterocycles. The summed E-state index contributed by atoms with van der Waals surface area (Å²) in [6, 6.07) is 7.05. The molecule has 6 heterocycles. The highest BCUT2D eigenvalue weighted by Crippen LogP contribution is 2.40. The summed E-state index contributed by atoms with van der Waals surface area (Å²) in [7, 11) is 1.56. The first kappa shape index (κ1) is 27.0. The fourth-order valence-corrected chi connectivity index (χ4v) is 5.42. The Morgan fingerprint density at radius 3 is 2.74 bits per heavy atom. The molecular weight excluding hydrogens is 555 g/mol. The van der Waals surface area contributed by atoms with Gasteiger partial charge in [-0.3, -0.25) is 9.89 Å². The van der Waals surface area contributed by atoms with Crippen LogP contribution in [-0.4, -0.2) is 66.6 Å². The first-order valence-corrected chi connectivity index (χ1v) is 14.3. The molecule has 3 N–H and O–H groups in total. The van der Waals surface area contributed by atoms with E-state index in [1.807, 2.05) is 24.0 Å². The Bertz CT molecular complexity index is 1750. The molecule has 1 aliphatic heterocycles. The monoisotopic (exact) mass is 586 g/mol. The van der Waals surface area contributed by atoms with E-state index >= 15 is 0 Å². The standard InChI is InChI=1S/C29H31FN10O3/c1-17(19-5-6-24(31-14-19)40-16-20(30)15-32-40)33-27(41)29(42-2)8-10-39(11-9-29)28-34-21-7-12-43-25(21)26(36-28)35-23-13-22(37-38-23)18-3-4-18/h5-7,12-18H,3-4,8-11H2,1-2H3,(H,33,41)(H2,34,35,36,37,38)/t17-/m0/s1. The molecule has 0 bridgehead atoms. The van der Waals surface area contributed by atoms with Crippen LogP contribution in [0, 0.1) is 5.82 Å². The summed E-state index contributed by atoms with van der Waals surface area (Å²) in [5, 5.41) is 17.8. The molecule has 0 spiro atoms. The summed E-state index contributed by atoms with van der Waals surface area (Å²) in [5.74, 6) is 2.14. The molecule has 1 atom stereocenters. The number of halogens is 1. The maximum absolute atomic E-state index is 13.5. The molecule has 0 radical (unpaired) electrons. The highest BCUT2D eigenvalue weighted by atomic mass is 19.1. The van der Waals surface area contributed by atoms with E-state index in [2.05, 4.69) is 30.9 Å². The van der Waals surface area contributed by atoms with E-state index in [0.29, 0.717) is 66.4 Å². The molecule has 0 unspecified atom stereocenters. The lowest BCUT2D eigenvalue weighted by Gasteiger charge is -2.40. The van der Waals surface area contributed by atoms with E-state index < -0.39 is 11.4 Å². The number of anilines is 3. The highest BCUT2D eigenvalue weighted by Gasteiger charge is 2.43. The maximum atomic E-state index is 13.5. The predicted molar refractivity (Wildman–Crippen MR) is 155 cm³/mol. The number of fused-ring (bicyclic) bond motifs is 1. The van der Waals surface area contributed by atoms with Gasteiger partial charge in [-0.25, -0.2) is 19.0 Å². The molecular formula is C29H31FN10O3. The van der Waals surface area contributed by atoms with E-state index in [0.717, 1.165) is 17.5 Å². The average Bonchev–Trinajstić information content (AvgIpc) is 3.36. The van der Waals surface area contributed by atoms with E-state index in [1.165, 1.54) is 23.7 Å².